The topological polar surface area (TPSA) is 44.7 Å². The van der Waals surface area contributed by atoms with Crippen LogP contribution in [0.5, 0.6) is 0 Å². The molecule has 4 nitrogen and oxygen atoms in total. The van der Waals surface area contributed by atoms with E-state index >= 15 is 0 Å². The lowest BCUT2D eigenvalue weighted by molar-refractivity contribution is -0.138. The molecule has 3 aromatic rings. The van der Waals surface area contributed by atoms with Crippen molar-refractivity contribution in [3.63, 3.8) is 0 Å². The van der Waals surface area contributed by atoms with Crippen molar-refractivity contribution in [2.75, 3.05) is 11.9 Å². The van der Waals surface area contributed by atoms with Gasteiger partial charge in [0.25, 0.3) is 0 Å². The molecule has 36 heavy (non-hydrogen) atoms. The van der Waals surface area contributed by atoms with E-state index in [0.717, 1.165) is 47.0 Å². The molecule has 188 valence electrons. The number of hydrazone groups is 1. The number of benzene rings is 3. The van der Waals surface area contributed by atoms with E-state index in [0.29, 0.717) is 11.3 Å². The smallest absolute Gasteiger partial charge is 0.306 e. The summed E-state index contributed by atoms with van der Waals surface area (Å²) in [5.41, 5.74) is -1.29. The van der Waals surface area contributed by atoms with E-state index in [9.17, 15) is 31.1 Å². The van der Waals surface area contributed by atoms with Gasteiger partial charge in [-0.15, -0.1) is 0 Å². The van der Waals surface area contributed by atoms with Crippen LogP contribution in [0.25, 0.3) is 0 Å². The lowest BCUT2D eigenvalue weighted by Crippen LogP contribution is -2.38. The Bertz CT molecular complexity index is 1310. The van der Waals surface area contributed by atoms with Gasteiger partial charge < -0.3 is 5.32 Å². The Balaban J connectivity index is 1.68. The molecule has 0 aromatic heterocycles. The first kappa shape index (κ1) is 25.6. The zero-order chi connectivity index (χ0) is 26.3. The molecule has 1 aliphatic heterocycles. The van der Waals surface area contributed by atoms with Gasteiger partial charge in [-0.3, -0.25) is 0 Å². The normalized spacial score (nSPS) is 18.2. The summed E-state index contributed by atoms with van der Waals surface area (Å²) in [6, 6.07) is 15.4. The number of amides is 2. The number of alkyl halides is 6. The highest BCUT2D eigenvalue weighted by Crippen LogP contribution is 2.39. The number of urea groups is 1. The fourth-order valence-electron chi connectivity index (χ4n) is 3.99. The van der Waals surface area contributed by atoms with Gasteiger partial charge >= 0.3 is 18.4 Å². The predicted octanol–water partition coefficient (Wildman–Crippen LogP) is 7.59. The van der Waals surface area contributed by atoms with Crippen molar-refractivity contribution in [1.82, 2.24) is 5.01 Å². The van der Waals surface area contributed by atoms with Crippen LogP contribution in [-0.2, 0) is 17.8 Å². The van der Waals surface area contributed by atoms with Crippen molar-refractivity contribution in [2.24, 2.45) is 5.10 Å². The summed E-state index contributed by atoms with van der Waals surface area (Å²) in [5, 5.41) is 7.47. The molecule has 0 saturated carbocycles. The lowest BCUT2D eigenvalue weighted by Gasteiger charge is -2.27. The van der Waals surface area contributed by atoms with Crippen molar-refractivity contribution in [3.05, 3.63) is 100 Å². The fourth-order valence-corrected chi connectivity index (χ4v) is 4.28. The third-order valence-electron chi connectivity index (χ3n) is 5.87. The van der Waals surface area contributed by atoms with Crippen LogP contribution < -0.4 is 5.32 Å². The summed E-state index contributed by atoms with van der Waals surface area (Å²) in [6.07, 6.45) is -9.15. The standard InChI is InChI=1S/C25H18ClF6N3O/c1-23(16-5-3-2-4-6-16)14-35(22(36)33-18-10-8-17(9-11-18)24(27,28)29)34-21(23)15-7-12-19(20(26)13-15)25(30,31)32/h2-13H,14H2,1H3,(H,33,36). The molecule has 11 heteroatoms. The number of carbonyl (C=O) groups is 1. The molecule has 0 radical (unpaired) electrons. The van der Waals surface area contributed by atoms with Gasteiger partial charge in [0, 0.05) is 11.3 Å². The Morgan fingerprint density at radius 1 is 0.944 bits per heavy atom. The monoisotopic (exact) mass is 525 g/mol. The molecule has 0 saturated heterocycles. The van der Waals surface area contributed by atoms with Gasteiger partial charge in [-0.1, -0.05) is 48.0 Å². The maximum absolute atomic E-state index is 13.2. The average molecular weight is 526 g/mol. The SMILES string of the molecule is CC1(c2ccccc2)CN(C(=O)Nc2ccc(C(F)(F)F)cc2)N=C1c1ccc(C(F)(F)F)c(Cl)c1. The van der Waals surface area contributed by atoms with E-state index in [1.807, 2.05) is 0 Å². The molecule has 3 aromatic carbocycles. The third-order valence-corrected chi connectivity index (χ3v) is 6.18. The summed E-state index contributed by atoms with van der Waals surface area (Å²) in [7, 11) is 0. The summed E-state index contributed by atoms with van der Waals surface area (Å²) >= 11 is 5.93. The second kappa shape index (κ2) is 9.16. The quantitative estimate of drug-likeness (QED) is 0.352. The molecule has 1 atom stereocenters. The Labute approximate surface area is 207 Å². The Kier molecular flexibility index (Phi) is 6.51. The molecule has 4 rings (SSSR count). The van der Waals surface area contributed by atoms with Crippen molar-refractivity contribution < 1.29 is 31.1 Å². The highest BCUT2D eigenvalue weighted by Gasteiger charge is 2.43. The third kappa shape index (κ3) is 5.04. The summed E-state index contributed by atoms with van der Waals surface area (Å²) in [6.45, 7) is 1.82. The number of nitrogens with zero attached hydrogens (tertiary/aromatic N) is 2. The summed E-state index contributed by atoms with van der Waals surface area (Å²) < 4.78 is 78.0. The molecule has 1 N–H and O–H groups in total. The Hall–Kier alpha value is -3.53. The molecule has 1 heterocycles. The van der Waals surface area contributed by atoms with Gasteiger partial charge in [0.2, 0.25) is 0 Å². The number of hydrogen-bond acceptors (Lipinski definition) is 2. The summed E-state index contributed by atoms with van der Waals surface area (Å²) in [4.78, 5) is 13.0. The van der Waals surface area contributed by atoms with Crippen LogP contribution in [0.15, 0.2) is 77.9 Å². The van der Waals surface area contributed by atoms with E-state index in [2.05, 4.69) is 10.4 Å². The van der Waals surface area contributed by atoms with Crippen LogP contribution in [0.3, 0.4) is 0 Å². The highest BCUT2D eigenvalue weighted by molar-refractivity contribution is 6.32. The Morgan fingerprint density at radius 2 is 1.58 bits per heavy atom. The molecule has 0 fully saturated rings. The molecule has 1 unspecified atom stereocenters. The first-order valence-electron chi connectivity index (χ1n) is 10.6. The minimum atomic E-state index is -4.64. The molecule has 0 spiro atoms. The number of hydrogen-bond donors (Lipinski definition) is 1. The van der Waals surface area contributed by atoms with Crippen LogP contribution >= 0.6 is 11.6 Å². The Morgan fingerprint density at radius 3 is 2.14 bits per heavy atom. The molecular weight excluding hydrogens is 508 g/mol. The molecule has 0 aliphatic carbocycles. The van der Waals surface area contributed by atoms with Crippen molar-refractivity contribution in [2.45, 2.75) is 24.7 Å². The van der Waals surface area contributed by atoms with Crippen LogP contribution in [0.4, 0.5) is 36.8 Å². The summed E-state index contributed by atoms with van der Waals surface area (Å²) in [5.74, 6) is 0. The second-order valence-corrected chi connectivity index (χ2v) is 8.81. The number of carbonyl (C=O) groups excluding carboxylic acids is 1. The van der Waals surface area contributed by atoms with Gasteiger partial charge in [-0.05, 0) is 48.9 Å². The highest BCUT2D eigenvalue weighted by atomic mass is 35.5. The van der Waals surface area contributed by atoms with Crippen LogP contribution in [0.2, 0.25) is 5.02 Å². The van der Waals surface area contributed by atoms with E-state index in [-0.39, 0.29) is 12.2 Å². The molecule has 0 bridgehead atoms. The molecule has 1 aliphatic rings. The van der Waals surface area contributed by atoms with E-state index < -0.39 is 39.9 Å². The average Bonchev–Trinajstić information content (AvgIpc) is 3.17. The maximum Gasteiger partial charge on any atom is 0.417 e. The van der Waals surface area contributed by atoms with Crippen LogP contribution in [0.1, 0.15) is 29.2 Å². The fraction of sp³-hybridized carbons (Fsp3) is 0.200. The number of nitrogens with one attached hydrogen (secondary N) is 1. The van der Waals surface area contributed by atoms with Gasteiger partial charge in [-0.2, -0.15) is 31.4 Å². The van der Waals surface area contributed by atoms with E-state index in [1.165, 1.54) is 6.07 Å². The van der Waals surface area contributed by atoms with Gasteiger partial charge in [-0.25, -0.2) is 9.80 Å². The van der Waals surface area contributed by atoms with Gasteiger partial charge in [0.15, 0.2) is 0 Å². The zero-order valence-corrected chi connectivity index (χ0v) is 19.3. The first-order valence-corrected chi connectivity index (χ1v) is 10.9. The second-order valence-electron chi connectivity index (χ2n) is 8.40. The number of anilines is 1. The first-order chi connectivity index (χ1) is 16.8. The van der Waals surface area contributed by atoms with Crippen LogP contribution in [0, 0.1) is 0 Å². The lowest BCUT2D eigenvalue weighted by atomic mass is 9.76. The largest absolute Gasteiger partial charge is 0.417 e. The molecule has 2 amide bonds. The van der Waals surface area contributed by atoms with Crippen LogP contribution in [-0.4, -0.2) is 23.3 Å². The van der Waals surface area contributed by atoms with Crippen molar-refractivity contribution in [3.8, 4) is 0 Å². The van der Waals surface area contributed by atoms with Gasteiger partial charge in [0.1, 0.15) is 0 Å². The zero-order valence-electron chi connectivity index (χ0n) is 18.6. The van der Waals surface area contributed by atoms with Crippen molar-refractivity contribution in [1.29, 1.82) is 0 Å². The number of halogens is 7. The molecular formula is C25H18ClF6N3O. The minimum Gasteiger partial charge on any atom is -0.306 e. The predicted molar refractivity (Wildman–Crippen MR) is 124 cm³/mol. The van der Waals surface area contributed by atoms with E-state index in [4.69, 9.17) is 11.6 Å². The van der Waals surface area contributed by atoms with Crippen molar-refractivity contribution >= 4 is 29.0 Å². The van der Waals surface area contributed by atoms with Gasteiger partial charge in [0.05, 0.1) is 33.8 Å². The maximum atomic E-state index is 13.2. The number of rotatable bonds is 3. The van der Waals surface area contributed by atoms with E-state index in [1.54, 1.807) is 37.3 Å². The minimum absolute atomic E-state index is 0.0253.